The Morgan fingerprint density at radius 3 is 2.69 bits per heavy atom. The van der Waals surface area contributed by atoms with Gasteiger partial charge in [-0.25, -0.2) is 13.4 Å². The molecule has 2 fully saturated rings. The van der Waals surface area contributed by atoms with Gasteiger partial charge in [0.15, 0.2) is 0 Å². The fraction of sp³-hybridized carbons (Fsp3) is 0.474. The number of morpholine rings is 1. The quantitative estimate of drug-likeness (QED) is 0.676. The number of benzene rings is 1. The van der Waals surface area contributed by atoms with E-state index in [1.807, 2.05) is 35.0 Å². The average Bonchev–Trinajstić information content (AvgIpc) is 3.46. The number of rotatable bonds is 6. The number of amides is 1. The summed E-state index contributed by atoms with van der Waals surface area (Å²) in [7, 11) is -3.42. The van der Waals surface area contributed by atoms with Crippen LogP contribution in [-0.2, 0) is 26.1 Å². The highest BCUT2D eigenvalue weighted by atomic mass is 32.2. The standard InChI is InChI=1S/C19H25N5O4S/c25-19(22-12-15-1-3-16(4-2-15)23-6-5-20-14-23)18-11-17(13-21-18)29(26,27)24-7-9-28-10-8-24/h1-6,14,17-18,21H,7-13H2,(H,22,25). The van der Waals surface area contributed by atoms with Gasteiger partial charge in [0.05, 0.1) is 30.8 Å². The summed E-state index contributed by atoms with van der Waals surface area (Å²) in [5, 5.41) is 5.38. The summed E-state index contributed by atoms with van der Waals surface area (Å²) in [6, 6.07) is 7.32. The largest absolute Gasteiger partial charge is 0.379 e. The van der Waals surface area contributed by atoms with Crippen LogP contribution in [0.25, 0.3) is 5.69 Å². The van der Waals surface area contributed by atoms with Crippen molar-refractivity contribution in [2.24, 2.45) is 0 Å². The molecule has 2 aliphatic rings. The topological polar surface area (TPSA) is 106 Å². The first-order chi connectivity index (χ1) is 14.0. The highest BCUT2D eigenvalue weighted by Gasteiger charge is 2.40. The number of hydrogen-bond acceptors (Lipinski definition) is 6. The van der Waals surface area contributed by atoms with Crippen LogP contribution in [0.3, 0.4) is 0 Å². The van der Waals surface area contributed by atoms with Crippen LogP contribution in [0.15, 0.2) is 43.0 Å². The van der Waals surface area contributed by atoms with E-state index in [1.165, 1.54) is 4.31 Å². The van der Waals surface area contributed by atoms with Crippen molar-refractivity contribution < 1.29 is 17.9 Å². The van der Waals surface area contributed by atoms with E-state index < -0.39 is 21.3 Å². The fourth-order valence-corrected chi connectivity index (χ4v) is 5.47. The number of imidazole rings is 1. The van der Waals surface area contributed by atoms with Crippen molar-refractivity contribution in [2.75, 3.05) is 32.8 Å². The SMILES string of the molecule is O=C(NCc1ccc(-n2ccnc2)cc1)C1CC(S(=O)(=O)N2CCOCC2)CN1. The average molecular weight is 420 g/mol. The van der Waals surface area contributed by atoms with E-state index in [4.69, 9.17) is 4.74 Å². The summed E-state index contributed by atoms with van der Waals surface area (Å²) < 4.78 is 34.1. The van der Waals surface area contributed by atoms with Crippen molar-refractivity contribution in [1.82, 2.24) is 24.5 Å². The molecule has 1 aromatic carbocycles. The van der Waals surface area contributed by atoms with Crippen LogP contribution in [-0.4, -0.2) is 72.3 Å². The van der Waals surface area contributed by atoms with Crippen molar-refractivity contribution in [3.05, 3.63) is 48.5 Å². The molecule has 0 saturated carbocycles. The second-order valence-corrected chi connectivity index (χ2v) is 9.44. The molecule has 2 N–H and O–H groups in total. The first-order valence-corrected chi connectivity index (χ1v) is 11.2. The maximum atomic E-state index is 12.8. The number of nitrogens with one attached hydrogen (secondary N) is 2. The highest BCUT2D eigenvalue weighted by molar-refractivity contribution is 7.89. The van der Waals surface area contributed by atoms with Gasteiger partial charge in [0.2, 0.25) is 15.9 Å². The lowest BCUT2D eigenvalue weighted by Crippen LogP contribution is -2.45. The Kier molecular flexibility index (Phi) is 5.95. The predicted molar refractivity (Wildman–Crippen MR) is 107 cm³/mol. The van der Waals surface area contributed by atoms with Crippen LogP contribution in [0.2, 0.25) is 0 Å². The molecule has 0 radical (unpaired) electrons. The Morgan fingerprint density at radius 2 is 2.00 bits per heavy atom. The van der Waals surface area contributed by atoms with Crippen molar-refractivity contribution >= 4 is 15.9 Å². The number of nitrogens with zero attached hydrogens (tertiary/aromatic N) is 3. The van der Waals surface area contributed by atoms with E-state index in [2.05, 4.69) is 15.6 Å². The molecule has 0 spiro atoms. The number of sulfonamides is 1. The van der Waals surface area contributed by atoms with Crippen LogP contribution in [0.5, 0.6) is 0 Å². The molecule has 10 heteroatoms. The molecular formula is C19H25N5O4S. The molecule has 2 atom stereocenters. The molecule has 2 aromatic rings. The van der Waals surface area contributed by atoms with Crippen molar-refractivity contribution in [3.8, 4) is 5.69 Å². The Labute approximate surface area is 170 Å². The minimum absolute atomic E-state index is 0.177. The molecule has 2 aliphatic heterocycles. The number of ether oxygens (including phenoxy) is 1. The summed E-state index contributed by atoms with van der Waals surface area (Å²) >= 11 is 0. The summed E-state index contributed by atoms with van der Waals surface area (Å²) in [6.45, 7) is 2.28. The first kappa shape index (κ1) is 20.0. The zero-order valence-electron chi connectivity index (χ0n) is 16.0. The van der Waals surface area contributed by atoms with Crippen LogP contribution >= 0.6 is 0 Å². The third-order valence-electron chi connectivity index (χ3n) is 5.36. The minimum Gasteiger partial charge on any atom is -0.379 e. The Bertz CT molecular complexity index is 924. The van der Waals surface area contributed by atoms with E-state index in [-0.39, 0.29) is 18.9 Å². The zero-order chi connectivity index (χ0) is 20.3. The molecule has 1 amide bonds. The molecule has 2 unspecified atom stereocenters. The molecule has 0 bridgehead atoms. The molecule has 1 aromatic heterocycles. The van der Waals surface area contributed by atoms with Crippen LogP contribution in [0, 0.1) is 0 Å². The van der Waals surface area contributed by atoms with Gasteiger partial charge in [0.1, 0.15) is 0 Å². The summed E-state index contributed by atoms with van der Waals surface area (Å²) in [5.74, 6) is -0.177. The smallest absolute Gasteiger partial charge is 0.237 e. The van der Waals surface area contributed by atoms with Gasteiger partial charge in [-0.05, 0) is 24.1 Å². The van der Waals surface area contributed by atoms with Crippen LogP contribution in [0.1, 0.15) is 12.0 Å². The molecule has 9 nitrogen and oxygen atoms in total. The molecule has 4 rings (SSSR count). The third kappa shape index (κ3) is 4.50. The van der Waals surface area contributed by atoms with E-state index in [0.29, 0.717) is 32.8 Å². The van der Waals surface area contributed by atoms with Gasteiger partial charge in [-0.15, -0.1) is 0 Å². The number of aromatic nitrogens is 2. The van der Waals surface area contributed by atoms with Crippen LogP contribution < -0.4 is 10.6 Å². The van der Waals surface area contributed by atoms with Crippen molar-refractivity contribution in [2.45, 2.75) is 24.3 Å². The number of carbonyl (C=O) groups excluding carboxylic acids is 1. The lowest BCUT2D eigenvalue weighted by atomic mass is 10.2. The van der Waals surface area contributed by atoms with Crippen molar-refractivity contribution in [1.29, 1.82) is 0 Å². The summed E-state index contributed by atoms with van der Waals surface area (Å²) in [5.41, 5.74) is 1.96. The second-order valence-electron chi connectivity index (χ2n) is 7.23. The molecule has 3 heterocycles. The normalized spacial score (nSPS) is 23.2. The maximum Gasteiger partial charge on any atom is 0.237 e. The second kappa shape index (κ2) is 8.62. The predicted octanol–water partition coefficient (Wildman–Crippen LogP) is -0.119. The van der Waals surface area contributed by atoms with Gasteiger partial charge in [0, 0.05) is 44.3 Å². The van der Waals surface area contributed by atoms with Gasteiger partial charge in [-0.1, -0.05) is 12.1 Å². The molecular weight excluding hydrogens is 394 g/mol. The lowest BCUT2D eigenvalue weighted by Gasteiger charge is -2.28. The fourth-order valence-electron chi connectivity index (χ4n) is 3.65. The van der Waals surface area contributed by atoms with Gasteiger partial charge in [-0.2, -0.15) is 4.31 Å². The highest BCUT2D eigenvalue weighted by Crippen LogP contribution is 2.20. The van der Waals surface area contributed by atoms with E-state index in [1.54, 1.807) is 12.5 Å². The molecule has 0 aliphatic carbocycles. The summed E-state index contributed by atoms with van der Waals surface area (Å²) in [4.78, 5) is 16.5. The Morgan fingerprint density at radius 1 is 1.24 bits per heavy atom. The van der Waals surface area contributed by atoms with E-state index in [0.717, 1.165) is 11.3 Å². The van der Waals surface area contributed by atoms with E-state index >= 15 is 0 Å². The monoisotopic (exact) mass is 419 g/mol. The summed E-state index contributed by atoms with van der Waals surface area (Å²) in [6.07, 6.45) is 5.59. The number of hydrogen-bond donors (Lipinski definition) is 2. The Hall–Kier alpha value is -2.27. The lowest BCUT2D eigenvalue weighted by molar-refractivity contribution is -0.122. The number of carbonyl (C=O) groups is 1. The van der Waals surface area contributed by atoms with Gasteiger partial charge in [-0.3, -0.25) is 4.79 Å². The Balaban J connectivity index is 1.29. The first-order valence-electron chi connectivity index (χ1n) is 9.69. The zero-order valence-corrected chi connectivity index (χ0v) is 16.8. The van der Waals surface area contributed by atoms with E-state index in [9.17, 15) is 13.2 Å². The molecule has 2 saturated heterocycles. The van der Waals surface area contributed by atoms with Gasteiger partial charge >= 0.3 is 0 Å². The maximum absolute atomic E-state index is 12.8. The minimum atomic E-state index is -3.42. The van der Waals surface area contributed by atoms with Gasteiger partial charge in [0.25, 0.3) is 0 Å². The molecule has 156 valence electrons. The van der Waals surface area contributed by atoms with Crippen molar-refractivity contribution in [3.63, 3.8) is 0 Å². The molecule has 29 heavy (non-hydrogen) atoms. The third-order valence-corrected chi connectivity index (χ3v) is 7.65. The van der Waals surface area contributed by atoms with Gasteiger partial charge < -0.3 is 19.9 Å². The van der Waals surface area contributed by atoms with Crippen LogP contribution in [0.4, 0.5) is 0 Å².